The Labute approximate surface area is 132 Å². The van der Waals surface area contributed by atoms with E-state index in [2.05, 4.69) is 51.1 Å². The number of benzene rings is 2. The maximum absolute atomic E-state index is 10.1. The summed E-state index contributed by atoms with van der Waals surface area (Å²) in [7, 11) is 0. The van der Waals surface area contributed by atoms with Crippen molar-refractivity contribution in [3.63, 3.8) is 0 Å². The topological polar surface area (TPSA) is 29.5 Å². The zero-order chi connectivity index (χ0) is 15.7. The van der Waals surface area contributed by atoms with Gasteiger partial charge in [0.05, 0.1) is 12.7 Å². The Balaban J connectivity index is 2.06. The largest absolute Gasteiger partial charge is 0.494 e. The number of aryl methyl sites for hydroxylation is 2. The zero-order valence-corrected chi connectivity index (χ0v) is 13.6. The first-order valence-corrected chi connectivity index (χ1v) is 8.16. The number of hydrogen-bond acceptors (Lipinski definition) is 2. The minimum absolute atomic E-state index is 0.303. The van der Waals surface area contributed by atoms with Gasteiger partial charge in [-0.1, -0.05) is 25.1 Å². The van der Waals surface area contributed by atoms with E-state index in [9.17, 15) is 5.11 Å². The Morgan fingerprint density at radius 2 is 1.91 bits per heavy atom. The van der Waals surface area contributed by atoms with Gasteiger partial charge in [0.15, 0.2) is 0 Å². The van der Waals surface area contributed by atoms with Crippen LogP contribution in [0.2, 0.25) is 0 Å². The molecule has 0 saturated carbocycles. The fourth-order valence-electron chi connectivity index (χ4n) is 3.52. The van der Waals surface area contributed by atoms with Crippen LogP contribution in [0.15, 0.2) is 30.3 Å². The van der Waals surface area contributed by atoms with Crippen LogP contribution in [-0.2, 0) is 6.42 Å². The van der Waals surface area contributed by atoms with Crippen LogP contribution in [0, 0.1) is 13.8 Å². The molecule has 2 aromatic carbocycles. The molecule has 2 aromatic rings. The van der Waals surface area contributed by atoms with Gasteiger partial charge in [-0.3, -0.25) is 0 Å². The van der Waals surface area contributed by atoms with Gasteiger partial charge in [0, 0.05) is 0 Å². The molecular weight excluding hydrogens is 272 g/mol. The first kappa shape index (κ1) is 15.1. The molecule has 0 unspecified atom stereocenters. The van der Waals surface area contributed by atoms with E-state index >= 15 is 0 Å². The standard InChI is InChI=1S/C20H24O2/c1-4-10-22-15-11-13(2)20(14(3)12-15)18-7-5-6-17-16(18)8-9-19(17)21/h5-7,11-12,19,21H,4,8-10H2,1-3H3/t19-/m1/s1. The predicted octanol–water partition coefficient (Wildman–Crippen LogP) is 4.74. The zero-order valence-electron chi connectivity index (χ0n) is 13.6. The summed E-state index contributed by atoms with van der Waals surface area (Å²) in [5, 5.41) is 10.1. The maximum atomic E-state index is 10.1. The van der Waals surface area contributed by atoms with Gasteiger partial charge in [0.2, 0.25) is 0 Å². The summed E-state index contributed by atoms with van der Waals surface area (Å²) >= 11 is 0. The van der Waals surface area contributed by atoms with Gasteiger partial charge >= 0.3 is 0 Å². The smallest absolute Gasteiger partial charge is 0.119 e. The highest BCUT2D eigenvalue weighted by atomic mass is 16.5. The van der Waals surface area contributed by atoms with Crippen molar-refractivity contribution in [1.82, 2.24) is 0 Å². The molecule has 1 N–H and O–H groups in total. The minimum atomic E-state index is -0.303. The molecule has 0 bridgehead atoms. The van der Waals surface area contributed by atoms with Gasteiger partial charge in [-0.05, 0) is 78.6 Å². The monoisotopic (exact) mass is 296 g/mol. The molecule has 0 amide bonds. The number of fused-ring (bicyclic) bond motifs is 1. The van der Waals surface area contributed by atoms with Gasteiger partial charge in [0.1, 0.15) is 5.75 Å². The first-order valence-electron chi connectivity index (χ1n) is 8.16. The minimum Gasteiger partial charge on any atom is -0.494 e. The van der Waals surface area contributed by atoms with Crippen LogP contribution < -0.4 is 4.74 Å². The molecule has 22 heavy (non-hydrogen) atoms. The van der Waals surface area contributed by atoms with Gasteiger partial charge < -0.3 is 9.84 Å². The number of rotatable bonds is 4. The average Bonchev–Trinajstić information content (AvgIpc) is 2.87. The summed E-state index contributed by atoms with van der Waals surface area (Å²) in [5.74, 6) is 0.952. The molecule has 116 valence electrons. The summed E-state index contributed by atoms with van der Waals surface area (Å²) in [6, 6.07) is 10.5. The van der Waals surface area contributed by atoms with E-state index in [1.54, 1.807) is 0 Å². The fraction of sp³-hybridized carbons (Fsp3) is 0.400. The summed E-state index contributed by atoms with van der Waals surface area (Å²) in [4.78, 5) is 0. The van der Waals surface area contributed by atoms with E-state index in [0.717, 1.165) is 37.2 Å². The molecule has 0 spiro atoms. The molecule has 3 rings (SSSR count). The highest BCUT2D eigenvalue weighted by molar-refractivity contribution is 5.76. The molecule has 0 aromatic heterocycles. The number of aliphatic hydroxyl groups is 1. The normalized spacial score (nSPS) is 16.6. The quantitative estimate of drug-likeness (QED) is 0.883. The van der Waals surface area contributed by atoms with E-state index in [1.807, 2.05) is 0 Å². The van der Waals surface area contributed by atoms with E-state index in [4.69, 9.17) is 4.74 Å². The summed E-state index contributed by atoms with van der Waals surface area (Å²) in [5.41, 5.74) is 7.44. The molecule has 2 heteroatoms. The summed E-state index contributed by atoms with van der Waals surface area (Å²) in [6.07, 6.45) is 2.51. The van der Waals surface area contributed by atoms with Gasteiger partial charge in [-0.15, -0.1) is 0 Å². The molecule has 1 aliphatic carbocycles. The third kappa shape index (κ3) is 2.64. The molecule has 0 heterocycles. The molecule has 1 atom stereocenters. The van der Waals surface area contributed by atoms with Gasteiger partial charge in [-0.25, -0.2) is 0 Å². The molecular formula is C20H24O2. The second kappa shape index (κ2) is 6.13. The lowest BCUT2D eigenvalue weighted by atomic mass is 9.90. The van der Waals surface area contributed by atoms with Crippen molar-refractivity contribution >= 4 is 0 Å². The Kier molecular flexibility index (Phi) is 4.21. The Morgan fingerprint density at radius 1 is 1.18 bits per heavy atom. The first-order chi connectivity index (χ1) is 10.6. The highest BCUT2D eigenvalue weighted by Crippen LogP contribution is 2.40. The molecule has 0 radical (unpaired) electrons. The Morgan fingerprint density at radius 3 is 2.59 bits per heavy atom. The van der Waals surface area contributed by atoms with Crippen molar-refractivity contribution in [2.45, 2.75) is 46.1 Å². The third-order valence-electron chi connectivity index (χ3n) is 4.49. The van der Waals surface area contributed by atoms with E-state index in [0.29, 0.717) is 0 Å². The van der Waals surface area contributed by atoms with Crippen LogP contribution in [0.4, 0.5) is 0 Å². The SMILES string of the molecule is CCCOc1cc(C)c(-c2cccc3c2CC[C@H]3O)c(C)c1. The van der Waals surface area contributed by atoms with Crippen LogP contribution in [0.3, 0.4) is 0 Å². The molecule has 1 aliphatic rings. The fourth-order valence-corrected chi connectivity index (χ4v) is 3.52. The van der Waals surface area contributed by atoms with E-state index in [-0.39, 0.29) is 6.10 Å². The number of hydrogen-bond donors (Lipinski definition) is 1. The molecule has 2 nitrogen and oxygen atoms in total. The molecule has 0 saturated heterocycles. The van der Waals surface area contributed by atoms with E-state index in [1.165, 1.54) is 27.8 Å². The summed E-state index contributed by atoms with van der Waals surface area (Å²) in [6.45, 7) is 7.16. The maximum Gasteiger partial charge on any atom is 0.119 e. The van der Waals surface area contributed by atoms with E-state index < -0.39 is 0 Å². The second-order valence-corrected chi connectivity index (χ2v) is 6.21. The number of aliphatic hydroxyl groups excluding tert-OH is 1. The van der Waals surface area contributed by atoms with Crippen LogP contribution in [0.1, 0.15) is 48.1 Å². The van der Waals surface area contributed by atoms with Crippen molar-refractivity contribution < 1.29 is 9.84 Å². The van der Waals surface area contributed by atoms with Crippen LogP contribution in [-0.4, -0.2) is 11.7 Å². The number of ether oxygens (including phenoxy) is 1. The lowest BCUT2D eigenvalue weighted by Crippen LogP contribution is -1.99. The summed E-state index contributed by atoms with van der Waals surface area (Å²) < 4.78 is 5.78. The van der Waals surface area contributed by atoms with Gasteiger partial charge in [0.25, 0.3) is 0 Å². The van der Waals surface area contributed by atoms with Crippen LogP contribution in [0.25, 0.3) is 11.1 Å². The van der Waals surface area contributed by atoms with Crippen LogP contribution in [0.5, 0.6) is 5.75 Å². The lowest BCUT2D eigenvalue weighted by molar-refractivity contribution is 0.180. The second-order valence-electron chi connectivity index (χ2n) is 6.21. The Bertz CT molecular complexity index is 665. The lowest BCUT2D eigenvalue weighted by Gasteiger charge is -2.16. The van der Waals surface area contributed by atoms with Crippen molar-refractivity contribution in [1.29, 1.82) is 0 Å². The van der Waals surface area contributed by atoms with Crippen molar-refractivity contribution in [3.05, 3.63) is 52.6 Å². The van der Waals surface area contributed by atoms with Crippen LogP contribution >= 0.6 is 0 Å². The predicted molar refractivity (Wildman–Crippen MR) is 90.4 cm³/mol. The van der Waals surface area contributed by atoms with Crippen molar-refractivity contribution in [2.75, 3.05) is 6.61 Å². The Hall–Kier alpha value is -1.80. The molecule has 0 fully saturated rings. The highest BCUT2D eigenvalue weighted by Gasteiger charge is 2.24. The molecule has 0 aliphatic heterocycles. The third-order valence-corrected chi connectivity index (χ3v) is 4.49. The van der Waals surface area contributed by atoms with Crippen molar-refractivity contribution in [2.24, 2.45) is 0 Å². The van der Waals surface area contributed by atoms with Gasteiger partial charge in [-0.2, -0.15) is 0 Å². The van der Waals surface area contributed by atoms with Crippen molar-refractivity contribution in [3.8, 4) is 16.9 Å². The average molecular weight is 296 g/mol.